The summed E-state index contributed by atoms with van der Waals surface area (Å²) in [6.45, 7) is 11.3. The first-order chi connectivity index (χ1) is 5.02. The second kappa shape index (κ2) is 4.58. The third-order valence-corrected chi connectivity index (χ3v) is 2.43. The fraction of sp³-hybridized carbons (Fsp3) is 0.818. The van der Waals surface area contributed by atoms with E-state index in [0.29, 0.717) is 5.41 Å². The second-order valence-electron chi connectivity index (χ2n) is 4.09. The van der Waals surface area contributed by atoms with Crippen LogP contribution in [0.5, 0.6) is 0 Å². The van der Waals surface area contributed by atoms with Crippen LogP contribution >= 0.6 is 0 Å². The Bertz CT molecular complexity index is 120. The fourth-order valence-electron chi connectivity index (χ4n) is 0.679. The van der Waals surface area contributed by atoms with E-state index in [1.165, 1.54) is 12.8 Å². The molecular weight excluding hydrogens is 132 g/mol. The zero-order chi connectivity index (χ0) is 8.91. The van der Waals surface area contributed by atoms with E-state index in [2.05, 4.69) is 46.8 Å². The SMILES string of the molecule is CCC(C)/C=C\C(C)(C)CC. The van der Waals surface area contributed by atoms with Crippen molar-refractivity contribution in [3.05, 3.63) is 12.2 Å². The zero-order valence-electron chi connectivity index (χ0n) is 8.65. The Morgan fingerprint density at radius 2 is 1.82 bits per heavy atom. The first-order valence-corrected chi connectivity index (χ1v) is 4.71. The van der Waals surface area contributed by atoms with Gasteiger partial charge in [-0.25, -0.2) is 0 Å². The van der Waals surface area contributed by atoms with Gasteiger partial charge in [-0.15, -0.1) is 0 Å². The van der Waals surface area contributed by atoms with Crippen LogP contribution in [0, 0.1) is 11.3 Å². The third kappa shape index (κ3) is 5.06. The number of allylic oxidation sites excluding steroid dienone is 2. The minimum absolute atomic E-state index is 0.392. The average Bonchev–Trinajstić information content (AvgIpc) is 2.00. The van der Waals surface area contributed by atoms with E-state index in [4.69, 9.17) is 0 Å². The average molecular weight is 154 g/mol. The third-order valence-electron chi connectivity index (χ3n) is 2.43. The molecule has 66 valence electrons. The van der Waals surface area contributed by atoms with Crippen molar-refractivity contribution in [3.8, 4) is 0 Å². The number of hydrogen-bond acceptors (Lipinski definition) is 0. The highest BCUT2D eigenvalue weighted by Crippen LogP contribution is 2.22. The molecule has 0 radical (unpaired) electrons. The van der Waals surface area contributed by atoms with Gasteiger partial charge < -0.3 is 0 Å². The molecule has 0 spiro atoms. The predicted molar refractivity (Wildman–Crippen MR) is 52.7 cm³/mol. The Balaban J connectivity index is 3.90. The lowest BCUT2D eigenvalue weighted by atomic mass is 9.88. The molecule has 0 amide bonds. The fourth-order valence-corrected chi connectivity index (χ4v) is 0.679. The Morgan fingerprint density at radius 1 is 1.27 bits per heavy atom. The maximum Gasteiger partial charge on any atom is -0.0177 e. The molecule has 0 saturated carbocycles. The van der Waals surface area contributed by atoms with E-state index >= 15 is 0 Å². The summed E-state index contributed by atoms with van der Waals surface area (Å²) in [6, 6.07) is 0. The zero-order valence-corrected chi connectivity index (χ0v) is 8.65. The molecule has 0 aromatic carbocycles. The maximum atomic E-state index is 2.35. The number of hydrogen-bond donors (Lipinski definition) is 0. The molecule has 0 rings (SSSR count). The maximum absolute atomic E-state index is 2.35. The van der Waals surface area contributed by atoms with Gasteiger partial charge in [0.1, 0.15) is 0 Å². The Kier molecular flexibility index (Phi) is 4.48. The molecule has 0 aliphatic rings. The summed E-state index contributed by atoms with van der Waals surface area (Å²) in [5.74, 6) is 0.737. The normalized spacial score (nSPS) is 15.7. The summed E-state index contributed by atoms with van der Waals surface area (Å²) >= 11 is 0. The van der Waals surface area contributed by atoms with Gasteiger partial charge in [-0.05, 0) is 17.8 Å². The molecule has 11 heavy (non-hydrogen) atoms. The van der Waals surface area contributed by atoms with E-state index in [1.54, 1.807) is 0 Å². The molecule has 0 heteroatoms. The van der Waals surface area contributed by atoms with Gasteiger partial charge in [-0.3, -0.25) is 0 Å². The van der Waals surface area contributed by atoms with Crippen LogP contribution in [0.2, 0.25) is 0 Å². The Labute approximate surface area is 71.7 Å². The van der Waals surface area contributed by atoms with Crippen LogP contribution in [0.15, 0.2) is 12.2 Å². The molecule has 0 bridgehead atoms. The predicted octanol–water partition coefficient (Wildman–Crippen LogP) is 4.02. The van der Waals surface area contributed by atoms with Gasteiger partial charge in [-0.1, -0.05) is 53.2 Å². The van der Waals surface area contributed by atoms with Crippen LogP contribution in [-0.2, 0) is 0 Å². The summed E-state index contributed by atoms with van der Waals surface area (Å²) in [5.41, 5.74) is 0.392. The van der Waals surface area contributed by atoms with Gasteiger partial charge in [0.15, 0.2) is 0 Å². The smallest absolute Gasteiger partial charge is 0.0177 e. The van der Waals surface area contributed by atoms with E-state index in [-0.39, 0.29) is 0 Å². The molecule has 0 aliphatic heterocycles. The molecule has 0 N–H and O–H groups in total. The monoisotopic (exact) mass is 154 g/mol. The first kappa shape index (κ1) is 10.7. The van der Waals surface area contributed by atoms with Gasteiger partial charge in [0.25, 0.3) is 0 Å². The molecule has 0 aliphatic carbocycles. The summed E-state index contributed by atoms with van der Waals surface area (Å²) < 4.78 is 0. The molecule has 1 unspecified atom stereocenters. The van der Waals surface area contributed by atoms with Crippen molar-refractivity contribution in [1.82, 2.24) is 0 Å². The van der Waals surface area contributed by atoms with Crippen LogP contribution in [0.25, 0.3) is 0 Å². The largest absolute Gasteiger partial charge is 0.0852 e. The van der Waals surface area contributed by atoms with Crippen LogP contribution in [0.4, 0.5) is 0 Å². The summed E-state index contributed by atoms with van der Waals surface area (Å²) in [5, 5.41) is 0. The Hall–Kier alpha value is -0.260. The van der Waals surface area contributed by atoms with Crippen molar-refractivity contribution in [1.29, 1.82) is 0 Å². The van der Waals surface area contributed by atoms with Crippen LogP contribution in [-0.4, -0.2) is 0 Å². The first-order valence-electron chi connectivity index (χ1n) is 4.71. The van der Waals surface area contributed by atoms with Gasteiger partial charge in [0.2, 0.25) is 0 Å². The highest BCUT2D eigenvalue weighted by Gasteiger charge is 2.09. The minimum atomic E-state index is 0.392. The van der Waals surface area contributed by atoms with Crippen molar-refractivity contribution >= 4 is 0 Å². The lowest BCUT2D eigenvalue weighted by Gasteiger charge is -2.17. The van der Waals surface area contributed by atoms with Crippen molar-refractivity contribution < 1.29 is 0 Å². The standard InChI is InChI=1S/C11H22/c1-6-10(3)8-9-11(4,5)7-2/h8-10H,6-7H2,1-5H3/b9-8-. The molecular formula is C11H22. The lowest BCUT2D eigenvalue weighted by molar-refractivity contribution is 0.457. The van der Waals surface area contributed by atoms with E-state index < -0.39 is 0 Å². The summed E-state index contributed by atoms with van der Waals surface area (Å²) in [7, 11) is 0. The quantitative estimate of drug-likeness (QED) is 0.536. The van der Waals surface area contributed by atoms with E-state index in [1.807, 2.05) is 0 Å². The molecule has 0 heterocycles. The molecule has 1 atom stereocenters. The van der Waals surface area contributed by atoms with E-state index in [9.17, 15) is 0 Å². The topological polar surface area (TPSA) is 0 Å². The van der Waals surface area contributed by atoms with Crippen molar-refractivity contribution in [2.75, 3.05) is 0 Å². The van der Waals surface area contributed by atoms with Gasteiger partial charge in [0.05, 0.1) is 0 Å². The molecule has 0 nitrogen and oxygen atoms in total. The van der Waals surface area contributed by atoms with Gasteiger partial charge >= 0.3 is 0 Å². The Morgan fingerprint density at radius 3 is 2.18 bits per heavy atom. The van der Waals surface area contributed by atoms with Crippen LogP contribution in [0.1, 0.15) is 47.5 Å². The summed E-state index contributed by atoms with van der Waals surface area (Å²) in [4.78, 5) is 0. The lowest BCUT2D eigenvalue weighted by Crippen LogP contribution is -2.05. The second-order valence-corrected chi connectivity index (χ2v) is 4.09. The van der Waals surface area contributed by atoms with Crippen LogP contribution < -0.4 is 0 Å². The van der Waals surface area contributed by atoms with Gasteiger partial charge in [0, 0.05) is 0 Å². The van der Waals surface area contributed by atoms with Crippen LogP contribution in [0.3, 0.4) is 0 Å². The molecule has 0 aromatic rings. The van der Waals surface area contributed by atoms with Crippen molar-refractivity contribution in [2.24, 2.45) is 11.3 Å². The van der Waals surface area contributed by atoms with Gasteiger partial charge in [-0.2, -0.15) is 0 Å². The minimum Gasteiger partial charge on any atom is -0.0852 e. The van der Waals surface area contributed by atoms with Crippen molar-refractivity contribution in [3.63, 3.8) is 0 Å². The highest BCUT2D eigenvalue weighted by atomic mass is 14.1. The highest BCUT2D eigenvalue weighted by molar-refractivity contribution is 4.95. The molecule has 0 saturated heterocycles. The van der Waals surface area contributed by atoms with E-state index in [0.717, 1.165) is 5.92 Å². The molecule has 0 fully saturated rings. The van der Waals surface area contributed by atoms with Crippen molar-refractivity contribution in [2.45, 2.75) is 47.5 Å². The molecule has 0 aromatic heterocycles. The summed E-state index contributed by atoms with van der Waals surface area (Å²) in [6.07, 6.45) is 7.15. The number of rotatable bonds is 4.